The Morgan fingerprint density at radius 3 is 2.62 bits per heavy atom. The van der Waals surface area contributed by atoms with Crippen molar-refractivity contribution >= 4 is 23.2 Å². The van der Waals surface area contributed by atoms with Crippen LogP contribution in [0, 0.1) is 5.92 Å². The summed E-state index contributed by atoms with van der Waals surface area (Å²) >= 11 is 5.86. The quantitative estimate of drug-likeness (QED) is 0.570. The van der Waals surface area contributed by atoms with E-state index in [9.17, 15) is 4.79 Å². The number of hydrogen-bond acceptors (Lipinski definition) is 3. The predicted molar refractivity (Wildman–Crippen MR) is 120 cm³/mol. The molecule has 29 heavy (non-hydrogen) atoms. The van der Waals surface area contributed by atoms with E-state index >= 15 is 0 Å². The van der Waals surface area contributed by atoms with Crippen LogP contribution in [0.3, 0.4) is 0 Å². The lowest BCUT2D eigenvalue weighted by Gasteiger charge is -2.33. The summed E-state index contributed by atoms with van der Waals surface area (Å²) in [4.78, 5) is 14.7. The van der Waals surface area contributed by atoms with E-state index in [1.54, 1.807) is 12.1 Å². The van der Waals surface area contributed by atoms with Gasteiger partial charge >= 0.3 is 0 Å². The number of hydrogen-bond donors (Lipinski definition) is 1. The second-order valence-corrected chi connectivity index (χ2v) is 8.42. The van der Waals surface area contributed by atoms with E-state index in [0.29, 0.717) is 24.5 Å². The Balaban J connectivity index is 1.40. The van der Waals surface area contributed by atoms with E-state index in [1.807, 2.05) is 19.1 Å². The van der Waals surface area contributed by atoms with Gasteiger partial charge in [0, 0.05) is 30.2 Å². The average Bonchev–Trinajstić information content (AvgIpc) is 2.72. The minimum absolute atomic E-state index is 0.00554. The molecule has 0 saturated carbocycles. The molecular formula is C24H31ClN2O2. The summed E-state index contributed by atoms with van der Waals surface area (Å²) in [6.45, 7) is 7.11. The molecule has 0 bridgehead atoms. The van der Waals surface area contributed by atoms with Crippen LogP contribution in [0.5, 0.6) is 5.75 Å². The molecule has 0 spiro atoms. The van der Waals surface area contributed by atoms with Gasteiger partial charge in [-0.25, -0.2) is 0 Å². The largest absolute Gasteiger partial charge is 0.494 e. The number of anilines is 1. The second-order valence-electron chi connectivity index (χ2n) is 7.98. The number of benzene rings is 2. The van der Waals surface area contributed by atoms with Crippen molar-refractivity contribution in [1.82, 2.24) is 5.32 Å². The first-order chi connectivity index (χ1) is 14.0. The summed E-state index contributed by atoms with van der Waals surface area (Å²) in [5.74, 6) is 1.57. The minimum Gasteiger partial charge on any atom is -0.494 e. The summed E-state index contributed by atoms with van der Waals surface area (Å²) < 4.78 is 5.64. The van der Waals surface area contributed by atoms with E-state index in [1.165, 1.54) is 18.5 Å². The van der Waals surface area contributed by atoms with Crippen LogP contribution in [-0.4, -0.2) is 25.6 Å². The van der Waals surface area contributed by atoms with Gasteiger partial charge in [0.1, 0.15) is 5.75 Å². The first-order valence-corrected chi connectivity index (χ1v) is 10.9. The molecule has 1 aliphatic heterocycles. The minimum atomic E-state index is -0.00554. The van der Waals surface area contributed by atoms with Crippen molar-refractivity contribution in [2.45, 2.75) is 45.6 Å². The van der Waals surface area contributed by atoms with Crippen LogP contribution < -0.4 is 15.0 Å². The van der Waals surface area contributed by atoms with Crippen LogP contribution in [0.1, 0.15) is 51.1 Å². The van der Waals surface area contributed by atoms with Crippen molar-refractivity contribution in [1.29, 1.82) is 0 Å². The number of nitrogens with one attached hydrogen (secondary N) is 1. The van der Waals surface area contributed by atoms with Crippen LogP contribution in [0.4, 0.5) is 5.69 Å². The summed E-state index contributed by atoms with van der Waals surface area (Å²) in [5, 5.41) is 3.77. The summed E-state index contributed by atoms with van der Waals surface area (Å²) in [6, 6.07) is 15.9. The maximum Gasteiger partial charge on any atom is 0.220 e. The molecule has 1 N–H and O–H groups in total. The van der Waals surface area contributed by atoms with Crippen LogP contribution in [-0.2, 0) is 4.79 Å². The van der Waals surface area contributed by atoms with Gasteiger partial charge in [0.25, 0.3) is 0 Å². The molecule has 5 heteroatoms. The van der Waals surface area contributed by atoms with Crippen LogP contribution >= 0.6 is 11.6 Å². The number of ether oxygens (including phenoxy) is 1. The van der Waals surface area contributed by atoms with E-state index in [0.717, 1.165) is 30.3 Å². The van der Waals surface area contributed by atoms with Crippen molar-refractivity contribution in [2.75, 3.05) is 24.6 Å². The molecule has 1 amide bonds. The van der Waals surface area contributed by atoms with Crippen molar-refractivity contribution in [3.8, 4) is 5.75 Å². The van der Waals surface area contributed by atoms with Crippen molar-refractivity contribution < 1.29 is 9.53 Å². The average molecular weight is 415 g/mol. The summed E-state index contributed by atoms with van der Waals surface area (Å²) in [5.41, 5.74) is 2.41. The van der Waals surface area contributed by atoms with Gasteiger partial charge in [0.2, 0.25) is 5.91 Å². The highest BCUT2D eigenvalue weighted by atomic mass is 35.5. The monoisotopic (exact) mass is 414 g/mol. The smallest absolute Gasteiger partial charge is 0.220 e. The predicted octanol–water partition coefficient (Wildman–Crippen LogP) is 5.61. The fourth-order valence-electron chi connectivity index (χ4n) is 3.75. The fraction of sp³-hybridized carbons (Fsp3) is 0.458. The number of carbonyl (C=O) groups is 1. The highest BCUT2D eigenvalue weighted by molar-refractivity contribution is 6.30. The fourth-order valence-corrected chi connectivity index (χ4v) is 3.87. The zero-order valence-electron chi connectivity index (χ0n) is 17.4. The molecule has 0 radical (unpaired) electrons. The Bertz CT molecular complexity index is 776. The molecule has 3 rings (SSSR count). The Labute approximate surface area is 179 Å². The molecule has 2 aromatic rings. The van der Waals surface area contributed by atoms with E-state index < -0.39 is 0 Å². The number of rotatable bonds is 8. The third-order valence-electron chi connectivity index (χ3n) is 5.42. The van der Waals surface area contributed by atoms with Crippen LogP contribution in [0.25, 0.3) is 0 Å². The first kappa shape index (κ1) is 21.5. The molecular weight excluding hydrogens is 384 g/mol. The van der Waals surface area contributed by atoms with Crippen molar-refractivity contribution in [2.24, 2.45) is 5.92 Å². The SMILES string of the molecule is C[C@H]1CCCN(c2ccc([C@@H](C)NC(=O)CCCOc3ccc(Cl)cc3)cc2)C1. The Morgan fingerprint density at radius 2 is 1.93 bits per heavy atom. The lowest BCUT2D eigenvalue weighted by Crippen LogP contribution is -2.34. The number of nitrogens with zero attached hydrogens (tertiary/aromatic N) is 1. The van der Waals surface area contributed by atoms with E-state index in [4.69, 9.17) is 16.3 Å². The van der Waals surface area contributed by atoms with Gasteiger partial charge in [0.15, 0.2) is 0 Å². The Morgan fingerprint density at radius 1 is 1.21 bits per heavy atom. The first-order valence-electron chi connectivity index (χ1n) is 10.5. The second kappa shape index (κ2) is 10.5. The van der Waals surface area contributed by atoms with E-state index in [-0.39, 0.29) is 11.9 Å². The molecule has 1 aliphatic rings. The molecule has 0 aromatic heterocycles. The van der Waals surface area contributed by atoms with Crippen LogP contribution in [0.2, 0.25) is 5.02 Å². The highest BCUT2D eigenvalue weighted by Crippen LogP contribution is 2.24. The maximum atomic E-state index is 12.2. The highest BCUT2D eigenvalue weighted by Gasteiger charge is 2.17. The van der Waals surface area contributed by atoms with Crippen molar-refractivity contribution in [3.05, 3.63) is 59.1 Å². The number of piperidine rings is 1. The molecule has 1 saturated heterocycles. The molecule has 1 heterocycles. The zero-order chi connectivity index (χ0) is 20.6. The van der Waals surface area contributed by atoms with Gasteiger partial charge in [-0.05, 0) is 74.1 Å². The van der Waals surface area contributed by atoms with Gasteiger partial charge in [-0.2, -0.15) is 0 Å². The normalized spacial score (nSPS) is 17.6. The lowest BCUT2D eigenvalue weighted by atomic mass is 9.99. The molecule has 2 atom stereocenters. The molecule has 156 valence electrons. The molecule has 0 aliphatic carbocycles. The lowest BCUT2D eigenvalue weighted by molar-refractivity contribution is -0.121. The standard InChI is InChI=1S/C24H31ClN2O2/c1-18-5-3-15-27(17-18)22-11-7-20(8-12-22)19(2)26-24(28)6-4-16-29-23-13-9-21(25)10-14-23/h7-14,18-19H,3-6,15-17H2,1-2H3,(H,26,28)/t18-,19+/m0/s1. The van der Waals surface area contributed by atoms with Gasteiger partial charge in [-0.3, -0.25) is 4.79 Å². The van der Waals surface area contributed by atoms with Gasteiger partial charge in [-0.1, -0.05) is 30.7 Å². The Hall–Kier alpha value is -2.20. The molecule has 2 aromatic carbocycles. The topological polar surface area (TPSA) is 41.6 Å². The molecule has 4 nitrogen and oxygen atoms in total. The summed E-state index contributed by atoms with van der Waals surface area (Å²) in [7, 11) is 0. The van der Waals surface area contributed by atoms with Gasteiger partial charge < -0.3 is 15.0 Å². The maximum absolute atomic E-state index is 12.2. The zero-order valence-corrected chi connectivity index (χ0v) is 18.1. The third-order valence-corrected chi connectivity index (χ3v) is 5.68. The third kappa shape index (κ3) is 6.67. The Kier molecular flexibility index (Phi) is 7.82. The van der Waals surface area contributed by atoms with Gasteiger partial charge in [0.05, 0.1) is 12.6 Å². The number of amides is 1. The number of carbonyl (C=O) groups excluding carboxylic acids is 1. The van der Waals surface area contributed by atoms with Crippen molar-refractivity contribution in [3.63, 3.8) is 0 Å². The van der Waals surface area contributed by atoms with Gasteiger partial charge in [-0.15, -0.1) is 0 Å². The molecule has 0 unspecified atom stereocenters. The molecule has 1 fully saturated rings. The summed E-state index contributed by atoms with van der Waals surface area (Å²) in [6.07, 6.45) is 3.70. The van der Waals surface area contributed by atoms with E-state index in [2.05, 4.69) is 41.4 Å². The van der Waals surface area contributed by atoms with Crippen LogP contribution in [0.15, 0.2) is 48.5 Å². The number of halogens is 1.